The number of hydrogen-bond acceptors (Lipinski definition) is 7. The van der Waals surface area contributed by atoms with Crippen molar-refractivity contribution >= 4 is 28.6 Å². The molecular formula is C26H31ClN6O2. The first-order chi connectivity index (χ1) is 17.0. The van der Waals surface area contributed by atoms with Crippen LogP contribution in [0.2, 0.25) is 5.02 Å². The topological polar surface area (TPSA) is 89.1 Å². The Hall–Kier alpha value is -2.73. The summed E-state index contributed by atoms with van der Waals surface area (Å²) in [7, 11) is 3.77. The number of aromatic nitrogens is 4. The molecule has 0 N–H and O–H groups in total. The predicted molar refractivity (Wildman–Crippen MR) is 135 cm³/mol. The Labute approximate surface area is 210 Å². The fourth-order valence-corrected chi connectivity index (χ4v) is 5.59. The largest absolute Gasteiger partial charge is 0.377 e. The Kier molecular flexibility index (Phi) is 6.92. The fraction of sp³-hybridized carbons (Fsp3) is 0.538. The molecule has 0 spiro atoms. The Balaban J connectivity index is 1.68. The third-order valence-electron chi connectivity index (χ3n) is 7.49. The van der Waals surface area contributed by atoms with Gasteiger partial charge in [0.2, 0.25) is 5.95 Å². The maximum atomic E-state index is 9.70. The van der Waals surface area contributed by atoms with Gasteiger partial charge in [0.05, 0.1) is 41.0 Å². The number of hydrogen-bond donors (Lipinski definition) is 0. The first kappa shape index (κ1) is 24.0. The molecule has 0 radical (unpaired) electrons. The Morgan fingerprint density at radius 1 is 1.20 bits per heavy atom. The molecule has 9 heteroatoms. The van der Waals surface area contributed by atoms with Gasteiger partial charge in [-0.2, -0.15) is 5.26 Å². The zero-order chi connectivity index (χ0) is 24.5. The summed E-state index contributed by atoms with van der Waals surface area (Å²) in [5, 5.41) is 10.2. The van der Waals surface area contributed by atoms with Crippen LogP contribution in [0.1, 0.15) is 38.3 Å². The van der Waals surface area contributed by atoms with Gasteiger partial charge in [0.15, 0.2) is 0 Å². The Morgan fingerprint density at radius 3 is 2.71 bits per heavy atom. The van der Waals surface area contributed by atoms with Crippen molar-refractivity contribution in [1.82, 2.24) is 19.5 Å². The minimum absolute atomic E-state index is 0.0341. The number of nitriles is 1. The van der Waals surface area contributed by atoms with E-state index in [1.165, 1.54) is 25.7 Å². The lowest BCUT2D eigenvalue weighted by Crippen LogP contribution is -2.43. The van der Waals surface area contributed by atoms with Crippen molar-refractivity contribution in [3.8, 4) is 17.3 Å². The standard InChI is InChI=1S/C26H31ClN6O2/c1-16-4-6-17(7-5-16)13-33-25-21(31-26(33)32(2)22-14-35-15-23(22)34-3)9-20(10-28)30-24(25)18-8-19(27)12-29-11-18/h8-9,11-12,16-17,22-23H,4-7,13-15H2,1-3H3/t16?,17?,22-,23-/m0/s1. The van der Waals surface area contributed by atoms with E-state index in [1.807, 2.05) is 13.1 Å². The van der Waals surface area contributed by atoms with Crippen molar-refractivity contribution in [3.05, 3.63) is 35.2 Å². The minimum atomic E-state index is -0.0341. The van der Waals surface area contributed by atoms with E-state index < -0.39 is 0 Å². The predicted octanol–water partition coefficient (Wildman–Crippen LogP) is 4.69. The Bertz CT molecular complexity index is 1250. The van der Waals surface area contributed by atoms with Crippen LogP contribution in [0.5, 0.6) is 0 Å². The number of likely N-dealkylation sites (N-methyl/N-ethyl adjacent to an activating group) is 1. The zero-order valence-electron chi connectivity index (χ0n) is 20.4. The van der Waals surface area contributed by atoms with E-state index in [2.05, 4.69) is 27.4 Å². The number of rotatable bonds is 6. The van der Waals surface area contributed by atoms with Gasteiger partial charge in [-0.25, -0.2) is 9.97 Å². The van der Waals surface area contributed by atoms with Crippen molar-refractivity contribution in [2.75, 3.05) is 32.3 Å². The van der Waals surface area contributed by atoms with Crippen LogP contribution in [0, 0.1) is 23.2 Å². The van der Waals surface area contributed by atoms with Gasteiger partial charge in [0, 0.05) is 44.7 Å². The second-order valence-corrected chi connectivity index (χ2v) is 10.3. The van der Waals surface area contributed by atoms with Crippen molar-refractivity contribution in [1.29, 1.82) is 5.26 Å². The van der Waals surface area contributed by atoms with Crippen LogP contribution in [0.15, 0.2) is 24.5 Å². The molecule has 0 bridgehead atoms. The SMILES string of the molecule is CO[C@H]1COC[C@@H]1N(C)c1nc2cc(C#N)nc(-c3cncc(Cl)c3)c2n1CC1CCC(C)CC1. The lowest BCUT2D eigenvalue weighted by molar-refractivity contribution is 0.0770. The molecule has 1 aliphatic carbocycles. The molecule has 2 fully saturated rings. The fourth-order valence-electron chi connectivity index (χ4n) is 5.41. The highest BCUT2D eigenvalue weighted by Crippen LogP contribution is 2.36. The summed E-state index contributed by atoms with van der Waals surface area (Å²) >= 11 is 6.29. The summed E-state index contributed by atoms with van der Waals surface area (Å²) in [6.45, 7) is 4.31. The van der Waals surface area contributed by atoms with Crippen molar-refractivity contribution < 1.29 is 9.47 Å². The van der Waals surface area contributed by atoms with Crippen LogP contribution in [0.4, 0.5) is 5.95 Å². The number of fused-ring (bicyclic) bond motifs is 1. The quantitative estimate of drug-likeness (QED) is 0.490. The van der Waals surface area contributed by atoms with Crippen molar-refractivity contribution in [2.24, 2.45) is 11.8 Å². The van der Waals surface area contributed by atoms with Crippen molar-refractivity contribution in [2.45, 2.75) is 51.3 Å². The first-order valence-corrected chi connectivity index (χ1v) is 12.6. The number of imidazole rings is 1. The van der Waals surface area contributed by atoms with Gasteiger partial charge in [-0.05, 0) is 30.7 Å². The number of ether oxygens (including phenoxy) is 2. The summed E-state index contributed by atoms with van der Waals surface area (Å²) < 4.78 is 13.7. The number of methoxy groups -OCH3 is 1. The summed E-state index contributed by atoms with van der Waals surface area (Å²) in [5.41, 5.74) is 3.41. The highest BCUT2D eigenvalue weighted by Gasteiger charge is 2.35. The van der Waals surface area contributed by atoms with Crippen LogP contribution in [-0.4, -0.2) is 59.0 Å². The first-order valence-electron chi connectivity index (χ1n) is 12.2. The molecule has 35 heavy (non-hydrogen) atoms. The van der Waals surface area contributed by atoms with E-state index in [0.717, 1.165) is 35.0 Å². The zero-order valence-corrected chi connectivity index (χ0v) is 21.2. The van der Waals surface area contributed by atoms with Gasteiger partial charge < -0.3 is 18.9 Å². The summed E-state index contributed by atoms with van der Waals surface area (Å²) in [6, 6.07) is 5.85. The second-order valence-electron chi connectivity index (χ2n) is 9.87. The van der Waals surface area contributed by atoms with E-state index in [9.17, 15) is 5.26 Å². The summed E-state index contributed by atoms with van der Waals surface area (Å²) in [4.78, 5) is 16.2. The van der Waals surface area contributed by atoms with E-state index >= 15 is 0 Å². The molecule has 8 nitrogen and oxygen atoms in total. The van der Waals surface area contributed by atoms with Crippen LogP contribution in [0.25, 0.3) is 22.3 Å². The lowest BCUT2D eigenvalue weighted by Gasteiger charge is -2.31. The van der Waals surface area contributed by atoms with Gasteiger partial charge in [-0.3, -0.25) is 4.98 Å². The van der Waals surface area contributed by atoms with Crippen LogP contribution < -0.4 is 4.90 Å². The van der Waals surface area contributed by atoms with E-state index in [1.54, 1.807) is 25.6 Å². The maximum Gasteiger partial charge on any atom is 0.206 e. The lowest BCUT2D eigenvalue weighted by atomic mass is 9.83. The molecular weight excluding hydrogens is 464 g/mol. The summed E-state index contributed by atoms with van der Waals surface area (Å²) in [5.74, 6) is 2.16. The normalized spacial score (nSPS) is 24.5. The second kappa shape index (κ2) is 10.1. The van der Waals surface area contributed by atoms with Gasteiger partial charge in [-0.15, -0.1) is 0 Å². The highest BCUT2D eigenvalue weighted by atomic mass is 35.5. The highest BCUT2D eigenvalue weighted by molar-refractivity contribution is 6.30. The number of pyridine rings is 2. The van der Waals surface area contributed by atoms with Crippen LogP contribution in [0.3, 0.4) is 0 Å². The molecule has 3 aromatic heterocycles. The van der Waals surface area contributed by atoms with E-state index in [0.29, 0.717) is 35.5 Å². The van der Waals surface area contributed by atoms with Gasteiger partial charge in [0.25, 0.3) is 0 Å². The number of halogens is 1. The molecule has 2 aliphatic rings. The Morgan fingerprint density at radius 2 is 2.00 bits per heavy atom. The maximum absolute atomic E-state index is 9.70. The molecule has 184 valence electrons. The van der Waals surface area contributed by atoms with Crippen LogP contribution in [-0.2, 0) is 16.0 Å². The number of anilines is 1. The van der Waals surface area contributed by atoms with Gasteiger partial charge >= 0.3 is 0 Å². The molecule has 1 saturated carbocycles. The van der Waals surface area contributed by atoms with Gasteiger partial charge in [0.1, 0.15) is 17.9 Å². The third kappa shape index (κ3) is 4.73. The molecule has 5 rings (SSSR count). The molecule has 4 heterocycles. The molecule has 1 aliphatic heterocycles. The van der Waals surface area contributed by atoms with Gasteiger partial charge in [-0.1, -0.05) is 31.4 Å². The molecule has 2 atom stereocenters. The summed E-state index contributed by atoms with van der Waals surface area (Å²) in [6.07, 6.45) is 8.17. The van der Waals surface area contributed by atoms with Crippen LogP contribution >= 0.6 is 11.6 Å². The molecule has 0 amide bonds. The third-order valence-corrected chi connectivity index (χ3v) is 7.70. The van der Waals surface area contributed by atoms with E-state index in [4.69, 9.17) is 31.0 Å². The average molecular weight is 495 g/mol. The molecule has 0 unspecified atom stereocenters. The molecule has 3 aromatic rings. The van der Waals surface area contributed by atoms with Crippen molar-refractivity contribution in [3.63, 3.8) is 0 Å². The molecule has 0 aromatic carbocycles. The smallest absolute Gasteiger partial charge is 0.206 e. The monoisotopic (exact) mass is 494 g/mol. The molecule has 1 saturated heterocycles. The minimum Gasteiger partial charge on any atom is -0.377 e. The average Bonchev–Trinajstić information content (AvgIpc) is 3.49. The van der Waals surface area contributed by atoms with E-state index in [-0.39, 0.29) is 12.1 Å². The number of nitrogens with zero attached hydrogens (tertiary/aromatic N) is 6.